The Bertz CT molecular complexity index is 463. The van der Waals surface area contributed by atoms with Gasteiger partial charge in [-0.2, -0.15) is 0 Å². The van der Waals surface area contributed by atoms with Gasteiger partial charge in [-0.1, -0.05) is 6.07 Å². The van der Waals surface area contributed by atoms with Crippen molar-refractivity contribution in [2.75, 3.05) is 26.0 Å². The van der Waals surface area contributed by atoms with Gasteiger partial charge in [0.05, 0.1) is 12.6 Å². The normalized spacial score (nSPS) is 11.8. The summed E-state index contributed by atoms with van der Waals surface area (Å²) in [5.74, 6) is -0.857. The lowest BCUT2D eigenvalue weighted by Crippen LogP contribution is -2.44. The Labute approximate surface area is 111 Å². The fraction of sp³-hybridized carbons (Fsp3) is 0.385. The van der Waals surface area contributed by atoms with Crippen molar-refractivity contribution in [3.8, 4) is 0 Å². The van der Waals surface area contributed by atoms with E-state index in [1.54, 1.807) is 27.1 Å². The molecule has 0 heterocycles. The summed E-state index contributed by atoms with van der Waals surface area (Å²) in [5.41, 5.74) is 0.387. The fourth-order valence-electron chi connectivity index (χ4n) is 1.49. The maximum atomic E-state index is 12.9. The highest BCUT2D eigenvalue weighted by molar-refractivity contribution is 5.92. The number of likely N-dealkylation sites (N-methyl/N-ethyl adjacent to an activating group) is 1. The first-order valence-electron chi connectivity index (χ1n) is 5.90. The molecule has 0 aliphatic rings. The summed E-state index contributed by atoms with van der Waals surface area (Å²) in [4.78, 5) is 24.6. The van der Waals surface area contributed by atoms with Crippen molar-refractivity contribution in [2.24, 2.45) is 0 Å². The van der Waals surface area contributed by atoms with Crippen LogP contribution in [0.15, 0.2) is 24.3 Å². The van der Waals surface area contributed by atoms with Crippen molar-refractivity contribution < 1.29 is 14.0 Å². The summed E-state index contributed by atoms with van der Waals surface area (Å²) < 4.78 is 12.9. The van der Waals surface area contributed by atoms with Gasteiger partial charge in [0.25, 0.3) is 0 Å². The molecular weight excluding hydrogens is 249 g/mol. The number of nitrogens with zero attached hydrogens (tertiary/aromatic N) is 1. The van der Waals surface area contributed by atoms with E-state index in [4.69, 9.17) is 0 Å². The third-order valence-electron chi connectivity index (χ3n) is 2.49. The van der Waals surface area contributed by atoms with Crippen LogP contribution in [0, 0.1) is 5.82 Å². The number of amides is 2. The maximum Gasteiger partial charge on any atom is 0.238 e. The monoisotopic (exact) mass is 267 g/mol. The lowest BCUT2D eigenvalue weighted by atomic mass is 10.3. The minimum atomic E-state index is -0.451. The van der Waals surface area contributed by atoms with Crippen LogP contribution in [0.2, 0.25) is 0 Å². The molecule has 1 aromatic carbocycles. The molecule has 0 saturated heterocycles. The lowest BCUT2D eigenvalue weighted by Gasteiger charge is -2.17. The topological polar surface area (TPSA) is 61.4 Å². The molecule has 19 heavy (non-hydrogen) atoms. The summed E-state index contributed by atoms with van der Waals surface area (Å²) in [6, 6.07) is 5.18. The molecule has 1 atom stereocenters. The molecule has 0 aliphatic carbocycles. The zero-order chi connectivity index (χ0) is 14.4. The van der Waals surface area contributed by atoms with Gasteiger partial charge in [-0.25, -0.2) is 4.39 Å². The summed E-state index contributed by atoms with van der Waals surface area (Å²) in [6.07, 6.45) is 0. The second kappa shape index (κ2) is 6.84. The van der Waals surface area contributed by atoms with Crippen molar-refractivity contribution in [3.05, 3.63) is 30.1 Å². The molecule has 0 aliphatic heterocycles. The molecule has 104 valence electrons. The van der Waals surface area contributed by atoms with Gasteiger partial charge in [-0.3, -0.25) is 14.9 Å². The number of anilines is 1. The Morgan fingerprint density at radius 1 is 1.37 bits per heavy atom. The number of nitrogens with one attached hydrogen (secondary N) is 2. The smallest absolute Gasteiger partial charge is 0.238 e. The van der Waals surface area contributed by atoms with Crippen LogP contribution in [0.1, 0.15) is 6.92 Å². The van der Waals surface area contributed by atoms with Gasteiger partial charge in [0.15, 0.2) is 0 Å². The third-order valence-corrected chi connectivity index (χ3v) is 2.49. The zero-order valence-electron chi connectivity index (χ0n) is 11.2. The Morgan fingerprint density at radius 3 is 2.63 bits per heavy atom. The predicted molar refractivity (Wildman–Crippen MR) is 71.2 cm³/mol. The molecule has 5 nitrogen and oxygen atoms in total. The molecule has 1 unspecified atom stereocenters. The fourth-order valence-corrected chi connectivity index (χ4v) is 1.49. The average Bonchev–Trinajstić information content (AvgIpc) is 2.34. The molecule has 0 aromatic heterocycles. The van der Waals surface area contributed by atoms with Gasteiger partial charge >= 0.3 is 0 Å². The number of rotatable bonds is 5. The first kappa shape index (κ1) is 15.1. The minimum Gasteiger partial charge on any atom is -0.347 e. The molecule has 0 spiro atoms. The highest BCUT2D eigenvalue weighted by atomic mass is 19.1. The zero-order valence-corrected chi connectivity index (χ0v) is 11.2. The Kier molecular flexibility index (Phi) is 5.44. The molecule has 2 amide bonds. The highest BCUT2D eigenvalue weighted by Gasteiger charge is 2.15. The van der Waals surface area contributed by atoms with E-state index in [1.807, 2.05) is 0 Å². The predicted octanol–water partition coefficient (Wildman–Crippen LogP) is 0.830. The van der Waals surface area contributed by atoms with Crippen molar-refractivity contribution in [1.29, 1.82) is 0 Å². The quantitative estimate of drug-likeness (QED) is 0.830. The van der Waals surface area contributed by atoms with Gasteiger partial charge in [-0.05, 0) is 25.1 Å². The van der Waals surface area contributed by atoms with E-state index in [0.29, 0.717) is 5.69 Å². The number of carbonyl (C=O) groups excluding carboxylic acids is 2. The molecule has 1 rings (SSSR count). The van der Waals surface area contributed by atoms with E-state index in [1.165, 1.54) is 23.1 Å². The van der Waals surface area contributed by atoms with Gasteiger partial charge in [0.2, 0.25) is 11.8 Å². The first-order valence-corrected chi connectivity index (χ1v) is 5.90. The van der Waals surface area contributed by atoms with Crippen LogP contribution in [0.5, 0.6) is 0 Å². The van der Waals surface area contributed by atoms with E-state index >= 15 is 0 Å². The number of hydrogen-bond donors (Lipinski definition) is 2. The van der Waals surface area contributed by atoms with Crippen molar-refractivity contribution in [2.45, 2.75) is 13.0 Å². The standard InChI is InChI=1S/C13H18FN3O2/c1-9(13(19)17(2)3)15-8-12(18)16-11-6-4-5-10(14)7-11/h4-7,9,15H,8H2,1-3H3,(H,16,18). The second-order valence-corrected chi connectivity index (χ2v) is 4.39. The van der Waals surface area contributed by atoms with Crippen molar-refractivity contribution >= 4 is 17.5 Å². The molecule has 0 saturated carbocycles. The molecule has 0 radical (unpaired) electrons. The molecule has 6 heteroatoms. The van der Waals surface area contributed by atoms with Gasteiger partial charge in [-0.15, -0.1) is 0 Å². The summed E-state index contributed by atoms with van der Waals surface area (Å²) in [5, 5.41) is 5.34. The largest absolute Gasteiger partial charge is 0.347 e. The van der Waals surface area contributed by atoms with E-state index in [0.717, 1.165) is 0 Å². The van der Waals surface area contributed by atoms with Crippen LogP contribution in [0.4, 0.5) is 10.1 Å². The molecule has 0 fully saturated rings. The second-order valence-electron chi connectivity index (χ2n) is 4.39. The van der Waals surface area contributed by atoms with Crippen LogP contribution >= 0.6 is 0 Å². The lowest BCUT2D eigenvalue weighted by molar-refractivity contribution is -0.130. The van der Waals surface area contributed by atoms with Gasteiger partial charge < -0.3 is 10.2 Å². The average molecular weight is 267 g/mol. The van der Waals surface area contributed by atoms with Crippen LogP contribution in [0.3, 0.4) is 0 Å². The van der Waals surface area contributed by atoms with E-state index < -0.39 is 11.9 Å². The Hall–Kier alpha value is -1.95. The summed E-state index contributed by atoms with van der Waals surface area (Å²) >= 11 is 0. The first-order chi connectivity index (χ1) is 8.90. The third kappa shape index (κ3) is 5.05. The summed E-state index contributed by atoms with van der Waals surface area (Å²) in [7, 11) is 3.29. The van der Waals surface area contributed by atoms with Crippen LogP contribution in [-0.2, 0) is 9.59 Å². The van der Waals surface area contributed by atoms with E-state index in [2.05, 4.69) is 10.6 Å². The van der Waals surface area contributed by atoms with E-state index in [9.17, 15) is 14.0 Å². The Morgan fingerprint density at radius 2 is 2.05 bits per heavy atom. The van der Waals surface area contributed by atoms with E-state index in [-0.39, 0.29) is 18.4 Å². The number of hydrogen-bond acceptors (Lipinski definition) is 3. The molecule has 1 aromatic rings. The Balaban J connectivity index is 2.42. The van der Waals surface area contributed by atoms with Gasteiger partial charge in [0, 0.05) is 19.8 Å². The molecule has 2 N–H and O–H groups in total. The summed E-state index contributed by atoms with van der Waals surface area (Å²) in [6.45, 7) is 1.66. The molecule has 0 bridgehead atoms. The highest BCUT2D eigenvalue weighted by Crippen LogP contribution is 2.08. The SMILES string of the molecule is CC(NCC(=O)Nc1cccc(F)c1)C(=O)N(C)C. The minimum absolute atomic E-state index is 0.0166. The molecular formula is C13H18FN3O2. The number of benzene rings is 1. The van der Waals surface area contributed by atoms with Crippen LogP contribution < -0.4 is 10.6 Å². The van der Waals surface area contributed by atoms with Gasteiger partial charge in [0.1, 0.15) is 5.82 Å². The number of halogens is 1. The van der Waals surface area contributed by atoms with Crippen LogP contribution in [0.25, 0.3) is 0 Å². The van der Waals surface area contributed by atoms with Crippen molar-refractivity contribution in [3.63, 3.8) is 0 Å². The van der Waals surface area contributed by atoms with Crippen molar-refractivity contribution in [1.82, 2.24) is 10.2 Å². The number of carbonyl (C=O) groups is 2. The maximum absolute atomic E-state index is 12.9. The van der Waals surface area contributed by atoms with Crippen LogP contribution in [-0.4, -0.2) is 43.4 Å².